The maximum absolute atomic E-state index is 4.78. The molecule has 0 amide bonds. The molecule has 3 rings (SSSR count). The van der Waals surface area contributed by atoms with Crippen molar-refractivity contribution in [3.63, 3.8) is 0 Å². The van der Waals surface area contributed by atoms with Crippen LogP contribution in [0.5, 0.6) is 0 Å². The lowest BCUT2D eigenvalue weighted by Crippen LogP contribution is -2.26. The lowest BCUT2D eigenvalue weighted by molar-refractivity contribution is 0.731. The molecule has 1 heterocycles. The SMILES string of the molecule is CCN(CC1CC1)c1cc(NC)nc(-c2ccccc2)n1. The summed E-state index contributed by atoms with van der Waals surface area (Å²) in [7, 11) is 1.90. The van der Waals surface area contributed by atoms with Crippen LogP contribution in [0.2, 0.25) is 0 Å². The normalized spacial score (nSPS) is 14.0. The van der Waals surface area contributed by atoms with E-state index >= 15 is 0 Å². The van der Waals surface area contributed by atoms with Crippen LogP contribution in [-0.2, 0) is 0 Å². The number of anilines is 2. The number of nitrogens with zero attached hydrogens (tertiary/aromatic N) is 3. The van der Waals surface area contributed by atoms with E-state index in [2.05, 4.69) is 34.3 Å². The van der Waals surface area contributed by atoms with Gasteiger partial charge in [0, 0.05) is 31.8 Å². The van der Waals surface area contributed by atoms with Crippen LogP contribution in [0.15, 0.2) is 36.4 Å². The number of nitrogens with one attached hydrogen (secondary N) is 1. The van der Waals surface area contributed by atoms with Crippen molar-refractivity contribution >= 4 is 11.6 Å². The van der Waals surface area contributed by atoms with Gasteiger partial charge >= 0.3 is 0 Å². The molecule has 0 saturated heterocycles. The topological polar surface area (TPSA) is 41.0 Å². The molecule has 21 heavy (non-hydrogen) atoms. The molecule has 0 bridgehead atoms. The van der Waals surface area contributed by atoms with E-state index in [0.29, 0.717) is 0 Å². The number of rotatable bonds is 6. The molecule has 1 saturated carbocycles. The van der Waals surface area contributed by atoms with Crippen molar-refractivity contribution < 1.29 is 0 Å². The van der Waals surface area contributed by atoms with Crippen molar-refractivity contribution in [2.24, 2.45) is 5.92 Å². The van der Waals surface area contributed by atoms with Crippen molar-refractivity contribution in [3.8, 4) is 11.4 Å². The summed E-state index contributed by atoms with van der Waals surface area (Å²) in [4.78, 5) is 11.7. The number of benzene rings is 1. The third kappa shape index (κ3) is 3.32. The monoisotopic (exact) mass is 282 g/mol. The zero-order valence-electron chi connectivity index (χ0n) is 12.7. The van der Waals surface area contributed by atoms with Crippen LogP contribution in [0.1, 0.15) is 19.8 Å². The first kappa shape index (κ1) is 13.9. The molecular formula is C17H22N4. The minimum Gasteiger partial charge on any atom is -0.373 e. The molecule has 0 unspecified atom stereocenters. The van der Waals surface area contributed by atoms with Crippen LogP contribution < -0.4 is 10.2 Å². The fraction of sp³-hybridized carbons (Fsp3) is 0.412. The van der Waals surface area contributed by atoms with Gasteiger partial charge in [-0.3, -0.25) is 0 Å². The Kier molecular flexibility index (Phi) is 4.04. The highest BCUT2D eigenvalue weighted by atomic mass is 15.2. The minimum atomic E-state index is 0.784. The smallest absolute Gasteiger partial charge is 0.163 e. The Labute approximate surface area is 126 Å². The lowest BCUT2D eigenvalue weighted by atomic mass is 10.2. The molecule has 1 fully saturated rings. The highest BCUT2D eigenvalue weighted by Crippen LogP contribution is 2.31. The number of hydrogen-bond donors (Lipinski definition) is 1. The van der Waals surface area contributed by atoms with Crippen LogP contribution in [0.3, 0.4) is 0 Å². The van der Waals surface area contributed by atoms with Crippen molar-refractivity contribution in [1.82, 2.24) is 9.97 Å². The van der Waals surface area contributed by atoms with Gasteiger partial charge in [-0.15, -0.1) is 0 Å². The lowest BCUT2D eigenvalue weighted by Gasteiger charge is -2.22. The fourth-order valence-electron chi connectivity index (χ4n) is 2.44. The molecule has 110 valence electrons. The Balaban J connectivity index is 1.95. The molecular weight excluding hydrogens is 260 g/mol. The molecule has 1 aromatic heterocycles. The van der Waals surface area contributed by atoms with E-state index in [1.54, 1.807) is 0 Å². The summed E-state index contributed by atoms with van der Waals surface area (Å²) in [6, 6.07) is 12.2. The molecule has 0 spiro atoms. The van der Waals surface area contributed by atoms with Gasteiger partial charge in [0.05, 0.1) is 0 Å². The second-order valence-corrected chi connectivity index (χ2v) is 5.53. The van der Waals surface area contributed by atoms with Gasteiger partial charge in [0.15, 0.2) is 5.82 Å². The molecule has 1 aromatic carbocycles. The Morgan fingerprint density at radius 3 is 2.57 bits per heavy atom. The number of aromatic nitrogens is 2. The average Bonchev–Trinajstić information content (AvgIpc) is 3.37. The Bertz CT molecular complexity index is 593. The third-order valence-electron chi connectivity index (χ3n) is 3.88. The van der Waals surface area contributed by atoms with E-state index in [1.165, 1.54) is 12.8 Å². The summed E-state index contributed by atoms with van der Waals surface area (Å²) in [5.74, 6) is 3.51. The maximum Gasteiger partial charge on any atom is 0.163 e. The van der Waals surface area contributed by atoms with Gasteiger partial charge in [0.25, 0.3) is 0 Å². The molecule has 4 nitrogen and oxygen atoms in total. The standard InChI is InChI=1S/C17H22N4/c1-3-21(12-13-9-10-13)16-11-15(18-2)19-17(20-16)14-7-5-4-6-8-14/h4-8,11,13H,3,9-10,12H2,1-2H3,(H,18,19,20). The predicted molar refractivity (Wildman–Crippen MR) is 87.6 cm³/mol. The summed E-state index contributed by atoms with van der Waals surface area (Å²) in [6.07, 6.45) is 2.71. The minimum absolute atomic E-state index is 0.784. The Morgan fingerprint density at radius 1 is 1.19 bits per heavy atom. The summed E-state index contributed by atoms with van der Waals surface area (Å²) >= 11 is 0. The molecule has 0 atom stereocenters. The van der Waals surface area contributed by atoms with Gasteiger partial charge in [0.1, 0.15) is 11.6 Å². The van der Waals surface area contributed by atoms with Gasteiger partial charge in [-0.05, 0) is 25.7 Å². The fourth-order valence-corrected chi connectivity index (χ4v) is 2.44. The third-order valence-corrected chi connectivity index (χ3v) is 3.88. The van der Waals surface area contributed by atoms with Gasteiger partial charge in [0.2, 0.25) is 0 Å². The first-order valence-electron chi connectivity index (χ1n) is 7.67. The van der Waals surface area contributed by atoms with Gasteiger partial charge in [-0.25, -0.2) is 9.97 Å². The van der Waals surface area contributed by atoms with Gasteiger partial charge in [-0.2, -0.15) is 0 Å². The molecule has 2 aromatic rings. The van der Waals surface area contributed by atoms with E-state index in [-0.39, 0.29) is 0 Å². The van der Waals surface area contributed by atoms with Gasteiger partial charge < -0.3 is 10.2 Å². The van der Waals surface area contributed by atoms with E-state index < -0.39 is 0 Å². The second kappa shape index (κ2) is 6.12. The average molecular weight is 282 g/mol. The summed E-state index contributed by atoms with van der Waals surface area (Å²) in [6.45, 7) is 4.27. The first-order chi connectivity index (χ1) is 10.3. The molecule has 0 radical (unpaired) electrons. The Morgan fingerprint density at radius 2 is 1.95 bits per heavy atom. The van der Waals surface area contributed by atoms with E-state index in [9.17, 15) is 0 Å². The quantitative estimate of drug-likeness (QED) is 0.881. The van der Waals surface area contributed by atoms with E-state index in [0.717, 1.165) is 42.0 Å². The highest BCUT2D eigenvalue weighted by molar-refractivity contribution is 5.61. The van der Waals surface area contributed by atoms with Crippen LogP contribution in [0.25, 0.3) is 11.4 Å². The Hall–Kier alpha value is -2.10. The van der Waals surface area contributed by atoms with Crippen molar-refractivity contribution in [1.29, 1.82) is 0 Å². The van der Waals surface area contributed by atoms with Crippen LogP contribution >= 0.6 is 0 Å². The van der Waals surface area contributed by atoms with Crippen LogP contribution in [0.4, 0.5) is 11.6 Å². The van der Waals surface area contributed by atoms with Gasteiger partial charge in [-0.1, -0.05) is 30.3 Å². The van der Waals surface area contributed by atoms with E-state index in [4.69, 9.17) is 4.98 Å². The first-order valence-corrected chi connectivity index (χ1v) is 7.67. The zero-order valence-corrected chi connectivity index (χ0v) is 12.7. The largest absolute Gasteiger partial charge is 0.373 e. The van der Waals surface area contributed by atoms with Crippen LogP contribution in [-0.4, -0.2) is 30.1 Å². The summed E-state index contributed by atoms with van der Waals surface area (Å²) < 4.78 is 0. The molecule has 1 N–H and O–H groups in total. The second-order valence-electron chi connectivity index (χ2n) is 5.53. The maximum atomic E-state index is 4.78. The zero-order chi connectivity index (χ0) is 14.7. The van der Waals surface area contributed by atoms with Crippen LogP contribution in [0, 0.1) is 5.92 Å². The predicted octanol–water partition coefficient (Wildman–Crippen LogP) is 3.42. The molecule has 4 heteroatoms. The highest BCUT2D eigenvalue weighted by Gasteiger charge is 2.24. The molecule has 1 aliphatic rings. The van der Waals surface area contributed by atoms with Crippen molar-refractivity contribution in [3.05, 3.63) is 36.4 Å². The summed E-state index contributed by atoms with van der Waals surface area (Å²) in [5.41, 5.74) is 1.05. The summed E-state index contributed by atoms with van der Waals surface area (Å²) in [5, 5.41) is 3.15. The van der Waals surface area contributed by atoms with E-state index in [1.807, 2.05) is 31.3 Å². The molecule has 1 aliphatic carbocycles. The van der Waals surface area contributed by atoms with Crippen molar-refractivity contribution in [2.45, 2.75) is 19.8 Å². The number of hydrogen-bond acceptors (Lipinski definition) is 4. The molecule has 0 aliphatic heterocycles. The van der Waals surface area contributed by atoms with Crippen molar-refractivity contribution in [2.75, 3.05) is 30.4 Å².